The minimum Gasteiger partial charge on any atom is -0.478 e. The van der Waals surface area contributed by atoms with Crippen molar-refractivity contribution in [1.82, 2.24) is 5.32 Å². The van der Waals surface area contributed by atoms with Crippen LogP contribution in [0.3, 0.4) is 0 Å². The van der Waals surface area contributed by atoms with Crippen molar-refractivity contribution >= 4 is 23.5 Å². The molecule has 0 unspecified atom stereocenters. The fourth-order valence-corrected chi connectivity index (χ4v) is 2.33. The molecule has 22 heavy (non-hydrogen) atoms. The van der Waals surface area contributed by atoms with Crippen LogP contribution in [0.5, 0.6) is 0 Å². The second-order valence-electron chi connectivity index (χ2n) is 4.87. The van der Waals surface area contributed by atoms with Gasteiger partial charge < -0.3 is 10.4 Å². The standard InChI is InChI=1S/C16H12N2O4/c19-14-11-2-1-3-12(13(11)15(20)18-14)17-8-9-4-6-10(7-5-9)16(21)22/h1-7,17H,8H2,(H,21,22)(H,18,19,20). The van der Waals surface area contributed by atoms with Gasteiger partial charge in [-0.2, -0.15) is 0 Å². The molecule has 1 heterocycles. The van der Waals surface area contributed by atoms with E-state index in [4.69, 9.17) is 5.11 Å². The van der Waals surface area contributed by atoms with Gasteiger partial charge in [0.05, 0.1) is 16.7 Å². The first kappa shape index (κ1) is 13.8. The number of nitrogens with one attached hydrogen (secondary N) is 2. The summed E-state index contributed by atoms with van der Waals surface area (Å²) in [6.45, 7) is 0.415. The first-order valence-electron chi connectivity index (χ1n) is 6.61. The Labute approximate surface area is 125 Å². The summed E-state index contributed by atoms with van der Waals surface area (Å²) in [7, 11) is 0. The number of rotatable bonds is 4. The molecule has 0 bridgehead atoms. The van der Waals surface area contributed by atoms with Gasteiger partial charge in [0.15, 0.2) is 0 Å². The molecule has 0 fully saturated rings. The molecule has 6 heteroatoms. The number of fused-ring (bicyclic) bond motifs is 1. The Bertz CT molecular complexity index is 781. The Morgan fingerprint density at radius 3 is 2.45 bits per heavy atom. The van der Waals surface area contributed by atoms with Crippen molar-refractivity contribution in [1.29, 1.82) is 0 Å². The lowest BCUT2D eigenvalue weighted by atomic mass is 10.1. The van der Waals surface area contributed by atoms with Crippen LogP contribution >= 0.6 is 0 Å². The first-order valence-corrected chi connectivity index (χ1v) is 6.61. The van der Waals surface area contributed by atoms with Crippen LogP contribution in [0.1, 0.15) is 36.6 Å². The van der Waals surface area contributed by atoms with Crippen LogP contribution in [0.2, 0.25) is 0 Å². The lowest BCUT2D eigenvalue weighted by Gasteiger charge is -2.09. The summed E-state index contributed by atoms with van der Waals surface area (Å²) in [6, 6.07) is 11.5. The Kier molecular flexibility index (Phi) is 3.34. The Morgan fingerprint density at radius 1 is 1.05 bits per heavy atom. The number of amides is 2. The monoisotopic (exact) mass is 296 g/mol. The predicted octanol–water partition coefficient (Wildman–Crippen LogP) is 1.88. The largest absolute Gasteiger partial charge is 0.478 e. The molecule has 3 N–H and O–H groups in total. The molecular weight excluding hydrogens is 284 g/mol. The molecule has 1 aliphatic rings. The summed E-state index contributed by atoms with van der Waals surface area (Å²) in [5.41, 5.74) is 2.36. The van der Waals surface area contributed by atoms with Crippen LogP contribution < -0.4 is 10.6 Å². The van der Waals surface area contributed by atoms with E-state index in [0.29, 0.717) is 23.4 Å². The van der Waals surface area contributed by atoms with Gasteiger partial charge in [-0.05, 0) is 29.8 Å². The van der Waals surface area contributed by atoms with Crippen molar-refractivity contribution in [2.24, 2.45) is 0 Å². The lowest BCUT2D eigenvalue weighted by Crippen LogP contribution is -2.20. The second-order valence-corrected chi connectivity index (χ2v) is 4.87. The highest BCUT2D eigenvalue weighted by Gasteiger charge is 2.28. The Hall–Kier alpha value is -3.15. The number of hydrogen-bond donors (Lipinski definition) is 3. The van der Waals surface area contributed by atoms with E-state index in [0.717, 1.165) is 5.56 Å². The minimum atomic E-state index is -0.976. The molecule has 0 spiro atoms. The molecule has 0 saturated heterocycles. The Balaban J connectivity index is 1.79. The highest BCUT2D eigenvalue weighted by Crippen LogP contribution is 2.24. The van der Waals surface area contributed by atoms with E-state index in [2.05, 4.69) is 10.6 Å². The van der Waals surface area contributed by atoms with Crippen molar-refractivity contribution in [3.8, 4) is 0 Å². The van der Waals surface area contributed by atoms with E-state index in [1.165, 1.54) is 12.1 Å². The molecule has 2 aromatic rings. The topological polar surface area (TPSA) is 95.5 Å². The Morgan fingerprint density at radius 2 is 1.77 bits per heavy atom. The van der Waals surface area contributed by atoms with Gasteiger partial charge in [0.25, 0.3) is 11.8 Å². The van der Waals surface area contributed by atoms with Crippen molar-refractivity contribution in [2.45, 2.75) is 6.54 Å². The van der Waals surface area contributed by atoms with E-state index in [9.17, 15) is 14.4 Å². The average molecular weight is 296 g/mol. The molecule has 1 aliphatic heterocycles. The van der Waals surface area contributed by atoms with Gasteiger partial charge in [0, 0.05) is 12.2 Å². The quantitative estimate of drug-likeness (QED) is 0.749. The zero-order valence-electron chi connectivity index (χ0n) is 11.4. The predicted molar refractivity (Wildman–Crippen MR) is 79.0 cm³/mol. The molecule has 0 aromatic heterocycles. The SMILES string of the molecule is O=C(O)c1ccc(CNc2cccc3c2C(=O)NC3=O)cc1. The molecule has 110 valence electrons. The molecule has 0 atom stereocenters. The van der Waals surface area contributed by atoms with Crippen LogP contribution in [-0.4, -0.2) is 22.9 Å². The maximum atomic E-state index is 11.8. The number of hydrogen-bond acceptors (Lipinski definition) is 4. The number of benzene rings is 2. The van der Waals surface area contributed by atoms with Gasteiger partial charge in [0.1, 0.15) is 0 Å². The van der Waals surface area contributed by atoms with Crippen molar-refractivity contribution < 1.29 is 19.5 Å². The number of carbonyl (C=O) groups excluding carboxylic acids is 2. The number of carboxylic acids is 1. The molecule has 3 rings (SSSR count). The van der Waals surface area contributed by atoms with E-state index in [1.54, 1.807) is 30.3 Å². The zero-order chi connectivity index (χ0) is 15.7. The molecule has 2 amide bonds. The number of carboxylic acid groups (broad SMARTS) is 1. The molecule has 0 aliphatic carbocycles. The normalized spacial score (nSPS) is 12.7. The van der Waals surface area contributed by atoms with Gasteiger partial charge in [-0.3, -0.25) is 14.9 Å². The van der Waals surface area contributed by atoms with E-state index < -0.39 is 17.8 Å². The van der Waals surface area contributed by atoms with E-state index >= 15 is 0 Å². The summed E-state index contributed by atoms with van der Waals surface area (Å²) in [5.74, 6) is -1.78. The van der Waals surface area contributed by atoms with Gasteiger partial charge >= 0.3 is 5.97 Å². The van der Waals surface area contributed by atoms with E-state index in [1.807, 2.05) is 0 Å². The third-order valence-electron chi connectivity index (χ3n) is 3.45. The molecule has 0 radical (unpaired) electrons. The molecular formula is C16H12N2O4. The molecule has 0 saturated carbocycles. The highest BCUT2D eigenvalue weighted by molar-refractivity contribution is 6.23. The fraction of sp³-hybridized carbons (Fsp3) is 0.0625. The number of aromatic carboxylic acids is 1. The van der Waals surface area contributed by atoms with Crippen LogP contribution in [0, 0.1) is 0 Å². The number of anilines is 1. The summed E-state index contributed by atoms with van der Waals surface area (Å²) in [6.07, 6.45) is 0. The van der Waals surface area contributed by atoms with Gasteiger partial charge in [-0.25, -0.2) is 4.79 Å². The zero-order valence-corrected chi connectivity index (χ0v) is 11.4. The van der Waals surface area contributed by atoms with Crippen molar-refractivity contribution in [2.75, 3.05) is 5.32 Å². The van der Waals surface area contributed by atoms with Crippen LogP contribution in [0.15, 0.2) is 42.5 Å². The first-order chi connectivity index (χ1) is 10.6. The summed E-state index contributed by atoms with van der Waals surface area (Å²) in [4.78, 5) is 34.2. The average Bonchev–Trinajstić information content (AvgIpc) is 2.81. The van der Waals surface area contributed by atoms with Crippen molar-refractivity contribution in [3.63, 3.8) is 0 Å². The van der Waals surface area contributed by atoms with Gasteiger partial charge in [-0.1, -0.05) is 18.2 Å². The maximum absolute atomic E-state index is 11.8. The number of carbonyl (C=O) groups is 3. The fourth-order valence-electron chi connectivity index (χ4n) is 2.33. The number of imide groups is 1. The van der Waals surface area contributed by atoms with Crippen LogP contribution in [0.4, 0.5) is 5.69 Å². The summed E-state index contributed by atoms with van der Waals surface area (Å²) >= 11 is 0. The minimum absolute atomic E-state index is 0.217. The van der Waals surface area contributed by atoms with Gasteiger partial charge in [0.2, 0.25) is 0 Å². The molecule has 2 aromatic carbocycles. The lowest BCUT2D eigenvalue weighted by molar-refractivity contribution is 0.0696. The summed E-state index contributed by atoms with van der Waals surface area (Å²) in [5, 5.41) is 14.2. The second kappa shape index (κ2) is 5.33. The van der Waals surface area contributed by atoms with Crippen LogP contribution in [0.25, 0.3) is 0 Å². The smallest absolute Gasteiger partial charge is 0.335 e. The van der Waals surface area contributed by atoms with Gasteiger partial charge in [-0.15, -0.1) is 0 Å². The molecule has 6 nitrogen and oxygen atoms in total. The highest BCUT2D eigenvalue weighted by atomic mass is 16.4. The summed E-state index contributed by atoms with van der Waals surface area (Å²) < 4.78 is 0. The maximum Gasteiger partial charge on any atom is 0.335 e. The third-order valence-corrected chi connectivity index (χ3v) is 3.45. The van der Waals surface area contributed by atoms with Crippen molar-refractivity contribution in [3.05, 3.63) is 64.7 Å². The third kappa shape index (κ3) is 2.42. The van der Waals surface area contributed by atoms with E-state index in [-0.39, 0.29) is 5.56 Å². The van der Waals surface area contributed by atoms with Crippen LogP contribution in [-0.2, 0) is 6.54 Å².